The molecule has 11 heavy (non-hydrogen) atoms. The van der Waals surface area contributed by atoms with Crippen molar-refractivity contribution in [1.29, 1.82) is 0 Å². The molecule has 1 rings (SSSR count). The molecular formula is C7H6BrFN2. The lowest BCUT2D eigenvalue weighted by atomic mass is 10.2. The van der Waals surface area contributed by atoms with Crippen molar-refractivity contribution < 1.29 is 4.39 Å². The van der Waals surface area contributed by atoms with Gasteiger partial charge in [-0.1, -0.05) is 12.1 Å². The first-order chi connectivity index (χ1) is 5.25. The molecule has 4 heteroatoms. The average Bonchev–Trinajstić information content (AvgIpc) is 1.99. The minimum absolute atomic E-state index is 0.317. The largest absolute Gasteiger partial charge is 0.323 e. The molecule has 1 aromatic carbocycles. The molecule has 58 valence electrons. The van der Waals surface area contributed by atoms with E-state index in [-0.39, 0.29) is 5.82 Å². The van der Waals surface area contributed by atoms with Crippen molar-refractivity contribution in [3.63, 3.8) is 0 Å². The first-order valence-electron chi connectivity index (χ1n) is 2.93. The number of nitrogens with zero attached hydrogens (tertiary/aromatic N) is 1. The van der Waals surface area contributed by atoms with Crippen LogP contribution in [-0.2, 0) is 0 Å². The fraction of sp³-hybridized carbons (Fsp3) is 0. The summed E-state index contributed by atoms with van der Waals surface area (Å²) in [5.41, 5.74) is 0.632. The zero-order chi connectivity index (χ0) is 8.27. The molecular weight excluding hydrogens is 211 g/mol. The lowest BCUT2D eigenvalue weighted by molar-refractivity contribution is 0.621. The highest BCUT2D eigenvalue weighted by Gasteiger charge is 2.01. The minimum Gasteiger partial charge on any atom is -0.323 e. The Morgan fingerprint density at radius 2 is 2.27 bits per heavy atom. The molecule has 0 aromatic heterocycles. The van der Waals surface area contributed by atoms with Gasteiger partial charge in [-0.3, -0.25) is 0 Å². The molecule has 1 aromatic rings. The van der Waals surface area contributed by atoms with Gasteiger partial charge in [0.1, 0.15) is 5.82 Å². The Bertz CT molecular complexity index is 286. The Kier molecular flexibility index (Phi) is 2.59. The van der Waals surface area contributed by atoms with Crippen LogP contribution in [-0.4, -0.2) is 6.21 Å². The summed E-state index contributed by atoms with van der Waals surface area (Å²) in [6.07, 6.45) is 1.38. The second kappa shape index (κ2) is 3.48. The van der Waals surface area contributed by atoms with Crippen molar-refractivity contribution in [3.8, 4) is 0 Å². The number of hydrazone groups is 1. The lowest BCUT2D eigenvalue weighted by Gasteiger charge is -1.96. The average molecular weight is 217 g/mol. The number of benzene rings is 1. The van der Waals surface area contributed by atoms with Gasteiger partial charge in [-0.25, -0.2) is 4.39 Å². The van der Waals surface area contributed by atoms with E-state index in [2.05, 4.69) is 21.0 Å². The molecule has 2 nitrogen and oxygen atoms in total. The van der Waals surface area contributed by atoms with E-state index >= 15 is 0 Å². The van der Waals surface area contributed by atoms with Gasteiger partial charge >= 0.3 is 0 Å². The summed E-state index contributed by atoms with van der Waals surface area (Å²) in [7, 11) is 0. The van der Waals surface area contributed by atoms with Crippen molar-refractivity contribution in [1.82, 2.24) is 0 Å². The molecule has 0 aliphatic carbocycles. The summed E-state index contributed by atoms with van der Waals surface area (Å²) < 4.78 is 13.1. The van der Waals surface area contributed by atoms with E-state index in [1.807, 2.05) is 0 Å². The van der Waals surface area contributed by atoms with Crippen molar-refractivity contribution >= 4 is 22.1 Å². The highest BCUT2D eigenvalue weighted by Crippen LogP contribution is 2.18. The molecule has 0 heterocycles. The Labute approximate surface area is 72.0 Å². The Balaban J connectivity index is 3.16. The van der Waals surface area contributed by atoms with E-state index in [4.69, 9.17) is 5.84 Å². The van der Waals surface area contributed by atoms with Crippen LogP contribution in [0.4, 0.5) is 4.39 Å². The quantitative estimate of drug-likeness (QED) is 0.435. The third kappa shape index (κ3) is 1.77. The third-order valence-corrected chi connectivity index (χ3v) is 2.03. The second-order valence-electron chi connectivity index (χ2n) is 1.92. The molecule has 0 spiro atoms. The summed E-state index contributed by atoms with van der Waals surface area (Å²) >= 11 is 3.06. The van der Waals surface area contributed by atoms with E-state index in [0.717, 1.165) is 0 Å². The van der Waals surface area contributed by atoms with Crippen LogP contribution in [0.2, 0.25) is 0 Å². The summed E-state index contributed by atoms with van der Waals surface area (Å²) in [4.78, 5) is 0. The Hall–Kier alpha value is -0.900. The van der Waals surface area contributed by atoms with Gasteiger partial charge in [-0.05, 0) is 22.0 Å². The van der Waals surface area contributed by atoms with Crippen LogP contribution in [0.3, 0.4) is 0 Å². The van der Waals surface area contributed by atoms with Gasteiger partial charge in [0.05, 0.1) is 10.7 Å². The summed E-state index contributed by atoms with van der Waals surface area (Å²) in [5.74, 6) is 4.59. The van der Waals surface area contributed by atoms with Gasteiger partial charge in [0.2, 0.25) is 0 Å². The van der Waals surface area contributed by atoms with Gasteiger partial charge in [0.25, 0.3) is 0 Å². The fourth-order valence-electron chi connectivity index (χ4n) is 0.700. The SMILES string of the molecule is N/N=C/c1cccc(F)c1Br. The van der Waals surface area contributed by atoms with E-state index in [1.54, 1.807) is 12.1 Å². The third-order valence-electron chi connectivity index (χ3n) is 1.20. The molecule has 0 unspecified atom stereocenters. The number of rotatable bonds is 1. The molecule has 0 aliphatic heterocycles. The van der Waals surface area contributed by atoms with Crippen LogP contribution in [0, 0.1) is 5.82 Å². The van der Waals surface area contributed by atoms with Crippen molar-refractivity contribution in [2.75, 3.05) is 0 Å². The number of nitrogens with two attached hydrogens (primary N) is 1. The molecule has 0 bridgehead atoms. The summed E-state index contributed by atoms with van der Waals surface area (Å²) in [6.45, 7) is 0. The monoisotopic (exact) mass is 216 g/mol. The fourth-order valence-corrected chi connectivity index (χ4v) is 1.07. The number of hydrogen-bond donors (Lipinski definition) is 1. The van der Waals surface area contributed by atoms with Gasteiger partial charge in [-0.15, -0.1) is 0 Å². The van der Waals surface area contributed by atoms with E-state index in [9.17, 15) is 4.39 Å². The molecule has 0 saturated carbocycles. The van der Waals surface area contributed by atoms with E-state index in [1.165, 1.54) is 12.3 Å². The zero-order valence-electron chi connectivity index (χ0n) is 5.59. The molecule has 0 aliphatic rings. The predicted molar refractivity (Wildman–Crippen MR) is 45.9 cm³/mol. The van der Waals surface area contributed by atoms with E-state index in [0.29, 0.717) is 10.0 Å². The van der Waals surface area contributed by atoms with Crippen molar-refractivity contribution in [3.05, 3.63) is 34.1 Å². The maximum atomic E-state index is 12.8. The highest BCUT2D eigenvalue weighted by atomic mass is 79.9. The second-order valence-corrected chi connectivity index (χ2v) is 2.71. The van der Waals surface area contributed by atoms with Crippen LogP contribution in [0.5, 0.6) is 0 Å². The first kappa shape index (κ1) is 8.20. The minimum atomic E-state index is -0.317. The highest BCUT2D eigenvalue weighted by molar-refractivity contribution is 9.10. The maximum absolute atomic E-state index is 12.8. The molecule has 0 radical (unpaired) electrons. The van der Waals surface area contributed by atoms with Crippen molar-refractivity contribution in [2.45, 2.75) is 0 Å². The summed E-state index contributed by atoms with van der Waals surface area (Å²) in [6, 6.07) is 4.67. The van der Waals surface area contributed by atoms with Gasteiger partial charge in [0.15, 0.2) is 0 Å². The summed E-state index contributed by atoms with van der Waals surface area (Å²) in [5, 5.41) is 3.29. The Morgan fingerprint density at radius 1 is 1.55 bits per heavy atom. The van der Waals surface area contributed by atoms with Gasteiger partial charge < -0.3 is 5.84 Å². The molecule has 0 atom stereocenters. The molecule has 0 fully saturated rings. The predicted octanol–water partition coefficient (Wildman–Crippen LogP) is 1.88. The van der Waals surface area contributed by atoms with Crippen LogP contribution >= 0.6 is 15.9 Å². The maximum Gasteiger partial charge on any atom is 0.138 e. The van der Waals surface area contributed by atoms with Crippen LogP contribution in [0.25, 0.3) is 0 Å². The molecule has 0 saturated heterocycles. The first-order valence-corrected chi connectivity index (χ1v) is 3.72. The van der Waals surface area contributed by atoms with Gasteiger partial charge in [0, 0.05) is 5.56 Å². The number of hydrogen-bond acceptors (Lipinski definition) is 2. The standard InChI is InChI=1S/C7H6BrFN2/c8-7-5(4-11-10)2-1-3-6(7)9/h1-4H,10H2/b11-4+. The number of halogens is 2. The Morgan fingerprint density at radius 3 is 2.91 bits per heavy atom. The smallest absolute Gasteiger partial charge is 0.138 e. The van der Waals surface area contributed by atoms with E-state index < -0.39 is 0 Å². The van der Waals surface area contributed by atoms with Crippen LogP contribution < -0.4 is 5.84 Å². The van der Waals surface area contributed by atoms with Crippen LogP contribution in [0.1, 0.15) is 5.56 Å². The normalized spacial score (nSPS) is 10.7. The molecule has 2 N–H and O–H groups in total. The lowest BCUT2D eigenvalue weighted by Crippen LogP contribution is -1.89. The van der Waals surface area contributed by atoms with Crippen molar-refractivity contribution in [2.24, 2.45) is 10.9 Å². The van der Waals surface area contributed by atoms with Crippen LogP contribution in [0.15, 0.2) is 27.8 Å². The van der Waals surface area contributed by atoms with Gasteiger partial charge in [-0.2, -0.15) is 5.10 Å². The zero-order valence-corrected chi connectivity index (χ0v) is 7.18. The molecule has 0 amide bonds. The topological polar surface area (TPSA) is 38.4 Å².